The van der Waals surface area contributed by atoms with Gasteiger partial charge >= 0.3 is 7.12 Å². The molecule has 1 aliphatic heterocycles. The highest BCUT2D eigenvalue weighted by atomic mass is 19.1. The van der Waals surface area contributed by atoms with Crippen molar-refractivity contribution in [3.63, 3.8) is 0 Å². The van der Waals surface area contributed by atoms with E-state index in [4.69, 9.17) is 15.0 Å². The monoisotopic (exact) mass is 283 g/mol. The molecule has 0 saturated carbocycles. The molecule has 6 heteroatoms. The second-order valence-corrected chi connectivity index (χ2v) is 6.24. The number of nitrogens with two attached hydrogens (primary N) is 1. The Morgan fingerprint density at radius 1 is 1.10 bits per heavy atom. The lowest BCUT2D eigenvalue weighted by molar-refractivity contribution is 0.00578. The lowest BCUT2D eigenvalue weighted by Gasteiger charge is -2.32. The minimum atomic E-state index is -1.02. The van der Waals surface area contributed by atoms with Crippen LogP contribution in [-0.4, -0.2) is 18.3 Å². The topological polar surface area (TPSA) is 44.5 Å². The zero-order valence-corrected chi connectivity index (χ0v) is 12.5. The Balaban J connectivity index is 2.35. The second kappa shape index (κ2) is 4.79. The van der Waals surface area contributed by atoms with Crippen LogP contribution in [0.25, 0.3) is 0 Å². The summed E-state index contributed by atoms with van der Waals surface area (Å²) in [5.41, 5.74) is 4.95. The van der Waals surface area contributed by atoms with Crippen LogP contribution < -0.4 is 5.73 Å². The van der Waals surface area contributed by atoms with Gasteiger partial charge in [-0.15, -0.1) is 0 Å². The number of hydrogen-bond donors (Lipinski definition) is 1. The van der Waals surface area contributed by atoms with E-state index >= 15 is 0 Å². The first-order chi connectivity index (χ1) is 9.07. The van der Waals surface area contributed by atoms with E-state index < -0.39 is 35.9 Å². The van der Waals surface area contributed by atoms with Crippen molar-refractivity contribution in [1.29, 1.82) is 0 Å². The van der Waals surface area contributed by atoms with Crippen LogP contribution in [0.3, 0.4) is 0 Å². The van der Waals surface area contributed by atoms with Crippen LogP contribution in [0.4, 0.5) is 8.78 Å². The minimum Gasteiger partial charge on any atom is -0.402 e. The first-order valence-corrected chi connectivity index (χ1v) is 6.62. The van der Waals surface area contributed by atoms with Crippen molar-refractivity contribution in [3.8, 4) is 0 Å². The van der Waals surface area contributed by atoms with E-state index in [0.29, 0.717) is 5.56 Å². The summed E-state index contributed by atoms with van der Waals surface area (Å²) in [6.45, 7) is 9.02. The van der Waals surface area contributed by atoms with Crippen molar-refractivity contribution >= 4 is 7.12 Å². The molecule has 110 valence electrons. The molecule has 1 aromatic carbocycles. The van der Waals surface area contributed by atoms with Gasteiger partial charge in [-0.25, -0.2) is 8.78 Å². The van der Waals surface area contributed by atoms with Crippen LogP contribution in [-0.2, 0) is 9.31 Å². The molecule has 3 nitrogen and oxygen atoms in total. The molecule has 0 amide bonds. The first-order valence-electron chi connectivity index (χ1n) is 6.62. The highest BCUT2D eigenvalue weighted by molar-refractivity contribution is 6.47. The highest BCUT2D eigenvalue weighted by Gasteiger charge is 2.54. The molecule has 1 atom stereocenters. The fourth-order valence-electron chi connectivity index (χ4n) is 2.16. The summed E-state index contributed by atoms with van der Waals surface area (Å²) in [6.07, 6.45) is 0. The first kappa shape index (κ1) is 15.4. The number of halogens is 2. The number of hydrogen-bond acceptors (Lipinski definition) is 3. The number of benzene rings is 1. The van der Waals surface area contributed by atoms with E-state index in [2.05, 4.69) is 0 Å². The van der Waals surface area contributed by atoms with E-state index in [0.717, 1.165) is 0 Å². The Morgan fingerprint density at radius 2 is 1.60 bits per heavy atom. The molecule has 1 aromatic rings. The van der Waals surface area contributed by atoms with Crippen molar-refractivity contribution < 1.29 is 18.1 Å². The SMILES string of the molecule is Cc1ccc(F)c([C@@H](N)B2OC(C)(C)C(C)(C)O2)c1F. The fraction of sp³-hybridized carbons (Fsp3) is 0.571. The predicted molar refractivity (Wildman–Crippen MR) is 74.1 cm³/mol. The number of aryl methyl sites for hydroxylation is 1. The van der Waals surface area contributed by atoms with Crippen molar-refractivity contribution in [1.82, 2.24) is 0 Å². The molecule has 0 aliphatic carbocycles. The third kappa shape index (κ3) is 2.36. The molecular formula is C14H20BF2NO2. The molecule has 1 fully saturated rings. The van der Waals surface area contributed by atoms with Gasteiger partial charge < -0.3 is 15.0 Å². The van der Waals surface area contributed by atoms with E-state index in [1.807, 2.05) is 27.7 Å². The molecule has 0 bridgehead atoms. The zero-order chi connectivity index (χ0) is 15.3. The van der Waals surface area contributed by atoms with E-state index in [1.54, 1.807) is 6.92 Å². The van der Waals surface area contributed by atoms with Crippen LogP contribution in [0.1, 0.15) is 44.8 Å². The number of rotatable bonds is 2. The van der Waals surface area contributed by atoms with Gasteiger partial charge in [0, 0.05) is 5.56 Å². The summed E-state index contributed by atoms with van der Waals surface area (Å²) in [5.74, 6) is -2.35. The maximum absolute atomic E-state index is 14.1. The quantitative estimate of drug-likeness (QED) is 0.849. The molecular weight excluding hydrogens is 263 g/mol. The second-order valence-electron chi connectivity index (χ2n) is 6.24. The van der Waals surface area contributed by atoms with Crippen LogP contribution in [0.2, 0.25) is 0 Å². The smallest absolute Gasteiger partial charge is 0.402 e. The fourth-order valence-corrected chi connectivity index (χ4v) is 2.16. The van der Waals surface area contributed by atoms with Gasteiger partial charge in [-0.05, 0) is 46.2 Å². The normalized spacial score (nSPS) is 22.1. The Labute approximate surface area is 118 Å². The van der Waals surface area contributed by atoms with Gasteiger partial charge in [-0.2, -0.15) is 0 Å². The van der Waals surface area contributed by atoms with Gasteiger partial charge in [0.2, 0.25) is 0 Å². The van der Waals surface area contributed by atoms with Crippen LogP contribution in [0.15, 0.2) is 12.1 Å². The summed E-state index contributed by atoms with van der Waals surface area (Å²) in [4.78, 5) is 0. The predicted octanol–water partition coefficient (Wildman–Crippen LogP) is 2.90. The molecule has 20 heavy (non-hydrogen) atoms. The van der Waals surface area contributed by atoms with Gasteiger partial charge in [-0.1, -0.05) is 6.07 Å². The largest absolute Gasteiger partial charge is 0.480 e. The molecule has 0 unspecified atom stereocenters. The van der Waals surface area contributed by atoms with Crippen LogP contribution in [0, 0.1) is 18.6 Å². The van der Waals surface area contributed by atoms with Crippen molar-refractivity contribution in [2.45, 2.75) is 51.8 Å². The Hall–Kier alpha value is -0.975. The van der Waals surface area contributed by atoms with Crippen molar-refractivity contribution in [2.24, 2.45) is 5.73 Å². The van der Waals surface area contributed by atoms with Crippen LogP contribution >= 0.6 is 0 Å². The Kier molecular flexibility index (Phi) is 3.69. The lowest BCUT2D eigenvalue weighted by Crippen LogP contribution is -2.41. The van der Waals surface area contributed by atoms with E-state index in [9.17, 15) is 8.78 Å². The molecule has 1 heterocycles. The molecule has 1 aliphatic rings. The molecule has 0 spiro atoms. The maximum atomic E-state index is 14.1. The third-order valence-electron chi connectivity index (χ3n) is 4.22. The molecule has 0 aromatic heterocycles. The average Bonchev–Trinajstić information content (AvgIpc) is 2.54. The van der Waals surface area contributed by atoms with Crippen molar-refractivity contribution in [3.05, 3.63) is 34.9 Å². The third-order valence-corrected chi connectivity index (χ3v) is 4.22. The van der Waals surface area contributed by atoms with Gasteiger partial charge in [0.15, 0.2) is 0 Å². The lowest BCUT2D eigenvalue weighted by atomic mass is 9.74. The summed E-state index contributed by atoms with van der Waals surface area (Å²) < 4.78 is 39.5. The van der Waals surface area contributed by atoms with E-state index in [-0.39, 0.29) is 5.56 Å². The van der Waals surface area contributed by atoms with Crippen LogP contribution in [0.5, 0.6) is 0 Å². The summed E-state index contributed by atoms with van der Waals surface area (Å²) in [6, 6.07) is 2.59. The molecule has 1 saturated heterocycles. The van der Waals surface area contributed by atoms with Gasteiger partial charge in [0.1, 0.15) is 11.6 Å². The van der Waals surface area contributed by atoms with Gasteiger partial charge in [-0.3, -0.25) is 0 Å². The molecule has 2 N–H and O–H groups in total. The zero-order valence-electron chi connectivity index (χ0n) is 12.5. The maximum Gasteiger partial charge on any atom is 0.480 e. The molecule has 2 rings (SSSR count). The Bertz CT molecular complexity index is 518. The molecule has 0 radical (unpaired) electrons. The standard InChI is InChI=1S/C14H20BF2NO2/c1-8-6-7-9(16)10(11(8)17)12(18)15-19-13(2,3)14(4,5)20-15/h6-7,12H,18H2,1-5H3/t12-/m1/s1. The minimum absolute atomic E-state index is 0.191. The highest BCUT2D eigenvalue weighted by Crippen LogP contribution is 2.40. The summed E-state index contributed by atoms with van der Waals surface area (Å²) in [7, 11) is -0.884. The summed E-state index contributed by atoms with van der Waals surface area (Å²) >= 11 is 0. The Morgan fingerprint density at radius 3 is 2.10 bits per heavy atom. The van der Waals surface area contributed by atoms with Gasteiger partial charge in [0.05, 0.1) is 17.1 Å². The van der Waals surface area contributed by atoms with Gasteiger partial charge in [0.25, 0.3) is 0 Å². The van der Waals surface area contributed by atoms with Crippen molar-refractivity contribution in [2.75, 3.05) is 0 Å². The summed E-state index contributed by atoms with van der Waals surface area (Å²) in [5, 5.41) is 0. The van der Waals surface area contributed by atoms with E-state index in [1.165, 1.54) is 12.1 Å². The average molecular weight is 283 g/mol.